The zero-order valence-electron chi connectivity index (χ0n) is 14.0. The van der Waals surface area contributed by atoms with Gasteiger partial charge in [0.2, 0.25) is 0 Å². The number of hydrogen-bond acceptors (Lipinski definition) is 4. The van der Waals surface area contributed by atoms with Crippen molar-refractivity contribution >= 4 is 33.5 Å². The van der Waals surface area contributed by atoms with Crippen molar-refractivity contribution in [2.24, 2.45) is 20.5 Å². The molecular formula is C22H16N4. The van der Waals surface area contributed by atoms with Gasteiger partial charge >= 0.3 is 0 Å². The van der Waals surface area contributed by atoms with Crippen LogP contribution in [-0.2, 0) is 0 Å². The lowest BCUT2D eigenvalue weighted by molar-refractivity contribution is 1.21. The zero-order chi connectivity index (χ0) is 17.6. The summed E-state index contributed by atoms with van der Waals surface area (Å²) in [5, 5.41) is 19.4. The number of rotatable bonds is 4. The Morgan fingerprint density at radius 1 is 0.346 bits per heavy atom. The Morgan fingerprint density at radius 2 is 0.808 bits per heavy atom. The molecule has 4 rings (SSSR count). The maximum absolute atomic E-state index is 4.32. The molecule has 0 heterocycles. The molecule has 4 aromatic rings. The van der Waals surface area contributed by atoms with E-state index < -0.39 is 0 Å². The van der Waals surface area contributed by atoms with Crippen LogP contribution in [-0.4, -0.2) is 0 Å². The summed E-state index contributed by atoms with van der Waals surface area (Å²) in [6, 6.07) is 31.4. The smallest absolute Gasteiger partial charge is 0.0863 e. The average molecular weight is 336 g/mol. The van der Waals surface area contributed by atoms with E-state index in [1.54, 1.807) is 0 Å². The third-order valence-corrected chi connectivity index (χ3v) is 3.90. The minimum absolute atomic E-state index is 0.775. The summed E-state index contributed by atoms with van der Waals surface area (Å²) in [5.74, 6) is 0. The molecule has 0 amide bonds. The largest absolute Gasteiger partial charge is 0.151 e. The second-order valence-electron chi connectivity index (χ2n) is 5.78. The van der Waals surface area contributed by atoms with E-state index in [1.165, 1.54) is 5.39 Å². The van der Waals surface area contributed by atoms with Crippen LogP contribution in [0.25, 0.3) is 10.8 Å². The van der Waals surface area contributed by atoms with Crippen LogP contribution >= 0.6 is 0 Å². The lowest BCUT2D eigenvalue weighted by Gasteiger charge is -1.98. The highest BCUT2D eigenvalue weighted by molar-refractivity contribution is 5.85. The lowest BCUT2D eigenvalue weighted by atomic mass is 10.1. The summed E-state index contributed by atoms with van der Waals surface area (Å²) in [5.41, 5.74) is 3.21. The van der Waals surface area contributed by atoms with Crippen molar-refractivity contribution < 1.29 is 0 Å². The summed E-state index contributed by atoms with van der Waals surface area (Å²) in [6.45, 7) is 0. The van der Waals surface area contributed by atoms with Gasteiger partial charge in [-0.2, -0.15) is 20.5 Å². The molecule has 4 aromatic carbocycles. The van der Waals surface area contributed by atoms with E-state index in [0.717, 1.165) is 28.1 Å². The maximum atomic E-state index is 4.32. The summed E-state index contributed by atoms with van der Waals surface area (Å²) in [4.78, 5) is 0. The van der Waals surface area contributed by atoms with Crippen LogP contribution in [0, 0.1) is 0 Å². The molecule has 4 nitrogen and oxygen atoms in total. The number of fused-ring (bicyclic) bond motifs is 1. The molecule has 0 atom stereocenters. The maximum Gasteiger partial charge on any atom is 0.0863 e. The molecule has 0 saturated carbocycles. The van der Waals surface area contributed by atoms with Crippen LogP contribution in [0.15, 0.2) is 118 Å². The average Bonchev–Trinajstić information content (AvgIpc) is 2.72. The standard InChI is InChI=1S/C22H16N4/c1-2-8-19(9-3-1)23-24-20-12-14-21(15-13-20)25-26-22-11-10-17-6-4-5-7-18(17)16-22/h1-16H. The minimum Gasteiger partial charge on any atom is -0.151 e. The second kappa shape index (κ2) is 7.49. The summed E-state index contributed by atoms with van der Waals surface area (Å²) in [7, 11) is 0. The fourth-order valence-corrected chi connectivity index (χ4v) is 2.55. The number of benzene rings is 4. The topological polar surface area (TPSA) is 49.4 Å². The molecule has 0 aliphatic carbocycles. The highest BCUT2D eigenvalue weighted by Gasteiger charge is 1.96. The van der Waals surface area contributed by atoms with Crippen molar-refractivity contribution in [3.63, 3.8) is 0 Å². The van der Waals surface area contributed by atoms with E-state index in [9.17, 15) is 0 Å². The van der Waals surface area contributed by atoms with Gasteiger partial charge in [-0.1, -0.05) is 48.5 Å². The molecule has 0 radical (unpaired) electrons. The van der Waals surface area contributed by atoms with Gasteiger partial charge in [0.1, 0.15) is 0 Å². The Kier molecular flexibility index (Phi) is 4.56. The first-order chi connectivity index (χ1) is 12.9. The quantitative estimate of drug-likeness (QED) is 0.343. The third-order valence-electron chi connectivity index (χ3n) is 3.90. The van der Waals surface area contributed by atoms with Gasteiger partial charge in [0, 0.05) is 0 Å². The molecule has 26 heavy (non-hydrogen) atoms. The van der Waals surface area contributed by atoms with Crippen LogP contribution in [0.5, 0.6) is 0 Å². The summed E-state index contributed by atoms with van der Waals surface area (Å²) in [6.07, 6.45) is 0. The third kappa shape index (κ3) is 3.87. The van der Waals surface area contributed by atoms with Crippen LogP contribution in [0.2, 0.25) is 0 Å². The molecule has 0 aromatic heterocycles. The summed E-state index contributed by atoms with van der Waals surface area (Å²) >= 11 is 0. The van der Waals surface area contributed by atoms with Crippen molar-refractivity contribution in [3.8, 4) is 0 Å². The molecule has 0 unspecified atom stereocenters. The van der Waals surface area contributed by atoms with Crippen molar-refractivity contribution in [1.29, 1.82) is 0 Å². The fraction of sp³-hybridized carbons (Fsp3) is 0. The van der Waals surface area contributed by atoms with Gasteiger partial charge in [-0.15, -0.1) is 0 Å². The highest BCUT2D eigenvalue weighted by atomic mass is 15.1. The van der Waals surface area contributed by atoms with Crippen LogP contribution < -0.4 is 0 Å². The Hall–Kier alpha value is -3.66. The highest BCUT2D eigenvalue weighted by Crippen LogP contribution is 2.25. The molecule has 0 aliphatic heterocycles. The van der Waals surface area contributed by atoms with Crippen molar-refractivity contribution in [2.75, 3.05) is 0 Å². The van der Waals surface area contributed by atoms with Crippen LogP contribution in [0.4, 0.5) is 22.7 Å². The Bertz CT molecular complexity index is 1070. The van der Waals surface area contributed by atoms with Crippen LogP contribution in [0.1, 0.15) is 0 Å². The molecule has 4 heteroatoms. The molecule has 0 fully saturated rings. The van der Waals surface area contributed by atoms with E-state index in [4.69, 9.17) is 0 Å². The Balaban J connectivity index is 1.48. The molecule has 0 saturated heterocycles. The SMILES string of the molecule is c1ccc(N=Nc2ccc(N=Nc3ccc4ccccc4c3)cc2)cc1. The van der Waals surface area contributed by atoms with Crippen molar-refractivity contribution in [2.45, 2.75) is 0 Å². The molecule has 0 aliphatic rings. The normalized spacial score (nSPS) is 11.5. The Labute approximate surface area is 151 Å². The van der Waals surface area contributed by atoms with E-state index in [-0.39, 0.29) is 0 Å². The number of hydrogen-bond donors (Lipinski definition) is 0. The van der Waals surface area contributed by atoms with Gasteiger partial charge < -0.3 is 0 Å². The first-order valence-electron chi connectivity index (χ1n) is 8.34. The van der Waals surface area contributed by atoms with Gasteiger partial charge in [-0.3, -0.25) is 0 Å². The van der Waals surface area contributed by atoms with Crippen molar-refractivity contribution in [3.05, 3.63) is 97.1 Å². The number of azo groups is 2. The van der Waals surface area contributed by atoms with Crippen molar-refractivity contribution in [1.82, 2.24) is 0 Å². The second-order valence-corrected chi connectivity index (χ2v) is 5.78. The van der Waals surface area contributed by atoms with E-state index >= 15 is 0 Å². The van der Waals surface area contributed by atoms with Crippen LogP contribution in [0.3, 0.4) is 0 Å². The van der Waals surface area contributed by atoms with E-state index in [1.807, 2.05) is 78.9 Å². The predicted molar refractivity (Wildman–Crippen MR) is 105 cm³/mol. The first-order valence-corrected chi connectivity index (χ1v) is 8.34. The van der Waals surface area contributed by atoms with Gasteiger partial charge in [-0.25, -0.2) is 0 Å². The Morgan fingerprint density at radius 3 is 1.46 bits per heavy atom. The minimum atomic E-state index is 0.775. The van der Waals surface area contributed by atoms with Gasteiger partial charge in [0.25, 0.3) is 0 Å². The van der Waals surface area contributed by atoms with Gasteiger partial charge in [-0.05, 0) is 59.3 Å². The van der Waals surface area contributed by atoms with Gasteiger partial charge in [0.15, 0.2) is 0 Å². The molecule has 124 valence electrons. The molecular weight excluding hydrogens is 320 g/mol. The first kappa shape index (κ1) is 15.8. The van der Waals surface area contributed by atoms with Gasteiger partial charge in [0.05, 0.1) is 22.7 Å². The molecule has 0 spiro atoms. The summed E-state index contributed by atoms with van der Waals surface area (Å²) < 4.78 is 0. The number of nitrogens with zero attached hydrogens (tertiary/aromatic N) is 4. The lowest BCUT2D eigenvalue weighted by Crippen LogP contribution is -1.71. The zero-order valence-corrected chi connectivity index (χ0v) is 14.0. The van der Waals surface area contributed by atoms with E-state index in [2.05, 4.69) is 38.7 Å². The predicted octanol–water partition coefficient (Wildman–Crippen LogP) is 7.67. The monoisotopic (exact) mass is 336 g/mol. The van der Waals surface area contributed by atoms with E-state index in [0.29, 0.717) is 0 Å². The fourth-order valence-electron chi connectivity index (χ4n) is 2.55. The molecule has 0 N–H and O–H groups in total. The molecule has 0 bridgehead atoms.